The first-order chi connectivity index (χ1) is 13.9. The highest BCUT2D eigenvalue weighted by Crippen LogP contribution is 2.35. The van der Waals surface area contributed by atoms with Gasteiger partial charge >= 0.3 is 0 Å². The summed E-state index contributed by atoms with van der Waals surface area (Å²) in [5, 5.41) is 8.14. The fraction of sp³-hybridized carbons (Fsp3) is 0.217. The molecular weight excluding hydrogens is 346 g/mol. The van der Waals surface area contributed by atoms with Gasteiger partial charge in [0.1, 0.15) is 0 Å². The van der Waals surface area contributed by atoms with Crippen molar-refractivity contribution in [3.63, 3.8) is 0 Å². The van der Waals surface area contributed by atoms with Crippen LogP contribution in [0.2, 0.25) is 0 Å². The SMILES string of the molecule is c1ccc(C(c2ccccc2)c2n[nH]c3c2CN(Cc2cnc[nH]2)CC3)cc1. The average Bonchev–Trinajstić information content (AvgIpc) is 3.40. The van der Waals surface area contributed by atoms with Crippen LogP contribution in [0.4, 0.5) is 0 Å². The molecule has 4 aromatic rings. The number of hydrogen-bond donors (Lipinski definition) is 2. The van der Waals surface area contributed by atoms with Crippen LogP contribution in [0.25, 0.3) is 0 Å². The molecule has 0 fully saturated rings. The first kappa shape index (κ1) is 17.0. The first-order valence-corrected chi connectivity index (χ1v) is 9.74. The van der Waals surface area contributed by atoms with Crippen LogP contribution in [0.15, 0.2) is 73.2 Å². The van der Waals surface area contributed by atoms with Gasteiger partial charge < -0.3 is 4.98 Å². The third-order valence-corrected chi connectivity index (χ3v) is 5.53. The van der Waals surface area contributed by atoms with Crippen LogP contribution in [-0.4, -0.2) is 31.6 Å². The van der Waals surface area contributed by atoms with Crippen molar-refractivity contribution in [1.29, 1.82) is 0 Å². The van der Waals surface area contributed by atoms with Crippen molar-refractivity contribution in [2.45, 2.75) is 25.4 Å². The number of nitrogens with one attached hydrogen (secondary N) is 2. The van der Waals surface area contributed by atoms with E-state index in [2.05, 4.69) is 80.6 Å². The van der Waals surface area contributed by atoms with Crippen LogP contribution in [0.5, 0.6) is 0 Å². The number of aromatic nitrogens is 4. The van der Waals surface area contributed by atoms with Crippen molar-refractivity contribution in [3.8, 4) is 0 Å². The van der Waals surface area contributed by atoms with Crippen molar-refractivity contribution < 1.29 is 0 Å². The van der Waals surface area contributed by atoms with Crippen molar-refractivity contribution in [3.05, 3.63) is 107 Å². The van der Waals surface area contributed by atoms with E-state index in [1.165, 1.54) is 22.4 Å². The molecule has 0 spiro atoms. The number of fused-ring (bicyclic) bond motifs is 1. The second-order valence-electron chi connectivity index (χ2n) is 7.36. The molecule has 0 radical (unpaired) electrons. The smallest absolute Gasteiger partial charge is 0.0922 e. The van der Waals surface area contributed by atoms with Crippen LogP contribution >= 0.6 is 0 Å². The summed E-state index contributed by atoms with van der Waals surface area (Å²) < 4.78 is 0. The summed E-state index contributed by atoms with van der Waals surface area (Å²) in [6, 6.07) is 21.4. The number of aromatic amines is 2. The Morgan fingerprint density at radius 1 is 0.964 bits per heavy atom. The minimum absolute atomic E-state index is 0.134. The Morgan fingerprint density at radius 3 is 2.32 bits per heavy atom. The van der Waals surface area contributed by atoms with Gasteiger partial charge in [-0.2, -0.15) is 5.10 Å². The van der Waals surface area contributed by atoms with Crippen molar-refractivity contribution >= 4 is 0 Å². The second-order valence-corrected chi connectivity index (χ2v) is 7.36. The molecule has 0 unspecified atom stereocenters. The number of nitrogens with zero attached hydrogens (tertiary/aromatic N) is 3. The highest BCUT2D eigenvalue weighted by Gasteiger charge is 2.28. The lowest BCUT2D eigenvalue weighted by Crippen LogP contribution is -2.30. The molecule has 1 aliphatic rings. The highest BCUT2D eigenvalue weighted by atomic mass is 15.2. The molecule has 0 bridgehead atoms. The van der Waals surface area contributed by atoms with Gasteiger partial charge in [0.15, 0.2) is 0 Å². The molecule has 5 rings (SSSR count). The molecule has 2 aromatic carbocycles. The monoisotopic (exact) mass is 369 g/mol. The summed E-state index contributed by atoms with van der Waals surface area (Å²) in [7, 11) is 0. The predicted molar refractivity (Wildman–Crippen MR) is 109 cm³/mol. The minimum Gasteiger partial charge on any atom is -0.347 e. The van der Waals surface area contributed by atoms with Crippen LogP contribution in [0, 0.1) is 0 Å². The average molecular weight is 369 g/mol. The van der Waals surface area contributed by atoms with E-state index >= 15 is 0 Å². The quantitative estimate of drug-likeness (QED) is 0.561. The Bertz CT molecular complexity index is 982. The molecular formula is C23H23N5. The highest BCUT2D eigenvalue weighted by molar-refractivity contribution is 5.44. The molecule has 0 saturated carbocycles. The number of H-pyrrole nitrogens is 2. The van der Waals surface area contributed by atoms with E-state index in [-0.39, 0.29) is 5.92 Å². The summed E-state index contributed by atoms with van der Waals surface area (Å²) >= 11 is 0. The van der Waals surface area contributed by atoms with Crippen LogP contribution in [-0.2, 0) is 19.5 Å². The molecule has 3 heterocycles. The molecule has 2 aromatic heterocycles. The number of rotatable bonds is 5. The standard InChI is InChI=1S/C23H23N5/c1-3-7-17(8-4-1)22(18-9-5-2-6-10-18)23-20-15-28(12-11-21(20)26-27-23)14-19-13-24-16-25-19/h1-10,13,16,22H,11-12,14-15H2,(H,24,25)(H,26,27). The molecule has 2 N–H and O–H groups in total. The third-order valence-electron chi connectivity index (χ3n) is 5.53. The molecule has 0 amide bonds. The Hall–Kier alpha value is -3.18. The largest absolute Gasteiger partial charge is 0.347 e. The number of benzene rings is 2. The van der Waals surface area contributed by atoms with Crippen molar-refractivity contribution in [1.82, 2.24) is 25.1 Å². The van der Waals surface area contributed by atoms with Crippen LogP contribution in [0.3, 0.4) is 0 Å². The molecule has 0 saturated heterocycles. The van der Waals surface area contributed by atoms with Crippen LogP contribution < -0.4 is 0 Å². The Labute approximate surface area is 164 Å². The fourth-order valence-electron chi connectivity index (χ4n) is 4.16. The third kappa shape index (κ3) is 3.25. The Balaban J connectivity index is 1.52. The van der Waals surface area contributed by atoms with Gasteiger partial charge in [-0.05, 0) is 11.1 Å². The van der Waals surface area contributed by atoms with Gasteiger partial charge in [0, 0.05) is 49.2 Å². The Morgan fingerprint density at radius 2 is 1.68 bits per heavy atom. The van der Waals surface area contributed by atoms with Crippen molar-refractivity contribution in [2.75, 3.05) is 6.54 Å². The fourth-order valence-corrected chi connectivity index (χ4v) is 4.16. The first-order valence-electron chi connectivity index (χ1n) is 9.74. The van der Waals surface area contributed by atoms with E-state index < -0.39 is 0 Å². The molecule has 140 valence electrons. The van der Waals surface area contributed by atoms with Gasteiger partial charge in [-0.15, -0.1) is 0 Å². The van der Waals surface area contributed by atoms with Gasteiger partial charge in [-0.25, -0.2) is 4.98 Å². The van der Waals surface area contributed by atoms with E-state index in [1.807, 2.05) is 6.20 Å². The molecule has 1 aliphatic heterocycles. The normalized spacial score (nSPS) is 14.3. The maximum Gasteiger partial charge on any atom is 0.0922 e. The van der Waals surface area contributed by atoms with Crippen molar-refractivity contribution in [2.24, 2.45) is 0 Å². The topological polar surface area (TPSA) is 60.6 Å². The summed E-state index contributed by atoms with van der Waals surface area (Å²) in [6.07, 6.45) is 4.64. The number of hydrogen-bond acceptors (Lipinski definition) is 3. The summed E-state index contributed by atoms with van der Waals surface area (Å²) in [4.78, 5) is 9.82. The van der Waals surface area contributed by atoms with Gasteiger partial charge in [0.2, 0.25) is 0 Å². The predicted octanol–water partition coefficient (Wildman–Crippen LogP) is 3.87. The van der Waals surface area contributed by atoms with E-state index in [9.17, 15) is 0 Å². The maximum atomic E-state index is 4.81. The zero-order valence-electron chi connectivity index (χ0n) is 15.7. The lowest BCUT2D eigenvalue weighted by Gasteiger charge is -2.27. The van der Waals surface area contributed by atoms with Gasteiger partial charge in [-0.1, -0.05) is 60.7 Å². The minimum atomic E-state index is 0.134. The summed E-state index contributed by atoms with van der Waals surface area (Å²) in [5.74, 6) is 0.134. The molecule has 28 heavy (non-hydrogen) atoms. The molecule has 0 aliphatic carbocycles. The van der Waals surface area contributed by atoms with E-state index in [1.54, 1.807) is 6.33 Å². The lowest BCUT2D eigenvalue weighted by atomic mass is 9.85. The van der Waals surface area contributed by atoms with E-state index in [0.29, 0.717) is 0 Å². The van der Waals surface area contributed by atoms with E-state index in [0.717, 1.165) is 37.4 Å². The molecule has 5 heteroatoms. The maximum absolute atomic E-state index is 4.81. The zero-order valence-corrected chi connectivity index (χ0v) is 15.7. The van der Waals surface area contributed by atoms with Crippen LogP contribution in [0.1, 0.15) is 39.7 Å². The summed E-state index contributed by atoms with van der Waals surface area (Å²) in [5.41, 5.74) is 7.44. The Kier molecular flexibility index (Phi) is 4.51. The molecule has 0 atom stereocenters. The second kappa shape index (κ2) is 7.44. The molecule has 5 nitrogen and oxygen atoms in total. The lowest BCUT2D eigenvalue weighted by molar-refractivity contribution is 0.241. The van der Waals surface area contributed by atoms with Gasteiger partial charge in [-0.3, -0.25) is 10.00 Å². The zero-order chi connectivity index (χ0) is 18.8. The summed E-state index contributed by atoms with van der Waals surface area (Å²) in [6.45, 7) is 2.80. The van der Waals surface area contributed by atoms with Gasteiger partial charge in [0.25, 0.3) is 0 Å². The van der Waals surface area contributed by atoms with E-state index in [4.69, 9.17) is 5.10 Å². The number of imidazole rings is 1. The van der Waals surface area contributed by atoms with Gasteiger partial charge in [0.05, 0.1) is 17.9 Å².